The zero-order valence-corrected chi connectivity index (χ0v) is 8.41. The van der Waals surface area contributed by atoms with Crippen LogP contribution >= 0.6 is 0 Å². The molecule has 15 heavy (non-hydrogen) atoms. The highest BCUT2D eigenvalue weighted by Crippen LogP contribution is 2.14. The SMILES string of the molecule is CCn1ccnc1N=Nc1cccnc1. The van der Waals surface area contributed by atoms with Crippen LogP contribution in [-0.4, -0.2) is 14.5 Å². The molecule has 0 aliphatic rings. The fourth-order valence-corrected chi connectivity index (χ4v) is 1.17. The van der Waals surface area contributed by atoms with Gasteiger partial charge in [-0.05, 0) is 19.1 Å². The van der Waals surface area contributed by atoms with E-state index in [1.807, 2.05) is 29.8 Å². The molecule has 0 N–H and O–H groups in total. The molecule has 0 saturated carbocycles. The van der Waals surface area contributed by atoms with E-state index in [0.717, 1.165) is 12.2 Å². The van der Waals surface area contributed by atoms with Gasteiger partial charge in [-0.25, -0.2) is 4.98 Å². The number of imidazole rings is 1. The predicted octanol–water partition coefficient (Wildman–Crippen LogP) is 2.71. The number of hydrogen-bond acceptors (Lipinski definition) is 4. The fourth-order valence-electron chi connectivity index (χ4n) is 1.17. The van der Waals surface area contributed by atoms with E-state index in [-0.39, 0.29) is 0 Å². The molecular formula is C10H11N5. The van der Waals surface area contributed by atoms with E-state index in [9.17, 15) is 0 Å². The fraction of sp³-hybridized carbons (Fsp3) is 0.200. The lowest BCUT2D eigenvalue weighted by Gasteiger charge is -1.96. The Balaban J connectivity index is 2.19. The van der Waals surface area contributed by atoms with Crippen molar-refractivity contribution >= 4 is 11.6 Å². The Morgan fingerprint density at radius 1 is 1.33 bits per heavy atom. The molecule has 2 aromatic rings. The van der Waals surface area contributed by atoms with Gasteiger partial charge in [0.1, 0.15) is 5.69 Å². The molecule has 0 radical (unpaired) electrons. The molecular weight excluding hydrogens is 190 g/mol. The van der Waals surface area contributed by atoms with Gasteiger partial charge >= 0.3 is 0 Å². The Labute approximate surface area is 87.5 Å². The smallest absolute Gasteiger partial charge is 0.249 e. The number of rotatable bonds is 3. The van der Waals surface area contributed by atoms with Crippen LogP contribution in [-0.2, 0) is 6.54 Å². The highest BCUT2D eigenvalue weighted by Gasteiger charge is 1.97. The van der Waals surface area contributed by atoms with E-state index in [1.165, 1.54) is 0 Å². The summed E-state index contributed by atoms with van der Waals surface area (Å²) >= 11 is 0. The number of hydrogen-bond donors (Lipinski definition) is 0. The molecule has 0 amide bonds. The molecule has 0 spiro atoms. The highest BCUT2D eigenvalue weighted by molar-refractivity contribution is 5.32. The van der Waals surface area contributed by atoms with Gasteiger partial charge in [0.05, 0.1) is 6.20 Å². The summed E-state index contributed by atoms with van der Waals surface area (Å²) < 4.78 is 1.92. The minimum atomic E-state index is 0.612. The summed E-state index contributed by atoms with van der Waals surface area (Å²) in [6.07, 6.45) is 6.94. The third-order valence-electron chi connectivity index (χ3n) is 1.94. The molecule has 5 nitrogen and oxygen atoms in total. The standard InChI is InChI=1S/C10H11N5/c1-2-15-7-6-12-10(15)14-13-9-4-3-5-11-8-9/h3-8H,2H2,1H3. The minimum Gasteiger partial charge on any atom is -0.315 e. The second-order valence-corrected chi connectivity index (χ2v) is 2.92. The van der Waals surface area contributed by atoms with Crippen molar-refractivity contribution in [3.05, 3.63) is 36.9 Å². The molecule has 2 rings (SSSR count). The van der Waals surface area contributed by atoms with Gasteiger partial charge in [0.25, 0.3) is 0 Å². The Kier molecular flexibility index (Phi) is 2.82. The molecule has 0 fully saturated rings. The Bertz CT molecular complexity index is 446. The molecule has 0 unspecified atom stereocenters. The molecule has 2 heterocycles. The molecule has 0 bridgehead atoms. The maximum atomic E-state index is 4.08. The van der Waals surface area contributed by atoms with Gasteiger partial charge in [-0.2, -0.15) is 0 Å². The molecule has 0 saturated heterocycles. The molecule has 5 heteroatoms. The first-order valence-corrected chi connectivity index (χ1v) is 4.73. The third kappa shape index (κ3) is 2.25. The summed E-state index contributed by atoms with van der Waals surface area (Å²) in [7, 11) is 0. The van der Waals surface area contributed by atoms with Gasteiger partial charge in [0, 0.05) is 25.1 Å². The summed E-state index contributed by atoms with van der Waals surface area (Å²) in [5.41, 5.74) is 0.725. The van der Waals surface area contributed by atoms with Gasteiger partial charge in [0.15, 0.2) is 0 Å². The molecule has 2 aromatic heterocycles. The van der Waals surface area contributed by atoms with Crippen molar-refractivity contribution in [2.75, 3.05) is 0 Å². The number of azo groups is 1. The molecule has 0 aliphatic carbocycles. The van der Waals surface area contributed by atoms with Gasteiger partial charge in [-0.3, -0.25) is 4.98 Å². The number of nitrogens with zero attached hydrogens (tertiary/aromatic N) is 5. The van der Waals surface area contributed by atoms with E-state index in [4.69, 9.17) is 0 Å². The number of pyridine rings is 1. The maximum absolute atomic E-state index is 4.08. The zero-order chi connectivity index (χ0) is 10.5. The van der Waals surface area contributed by atoms with E-state index in [1.54, 1.807) is 18.6 Å². The zero-order valence-electron chi connectivity index (χ0n) is 8.41. The lowest BCUT2D eigenvalue weighted by Crippen LogP contribution is -1.89. The minimum absolute atomic E-state index is 0.612. The van der Waals surface area contributed by atoms with Crippen LogP contribution < -0.4 is 0 Å². The second kappa shape index (κ2) is 4.45. The van der Waals surface area contributed by atoms with Gasteiger partial charge in [-0.1, -0.05) is 0 Å². The van der Waals surface area contributed by atoms with Crippen LogP contribution in [0.5, 0.6) is 0 Å². The van der Waals surface area contributed by atoms with Crippen molar-refractivity contribution in [3.8, 4) is 0 Å². The van der Waals surface area contributed by atoms with Crippen LogP contribution in [0, 0.1) is 0 Å². The first kappa shape index (κ1) is 9.51. The van der Waals surface area contributed by atoms with Crippen LogP contribution in [0.1, 0.15) is 6.92 Å². The van der Waals surface area contributed by atoms with Crippen molar-refractivity contribution in [1.82, 2.24) is 14.5 Å². The third-order valence-corrected chi connectivity index (χ3v) is 1.94. The summed E-state index contributed by atoms with van der Waals surface area (Å²) in [4.78, 5) is 8.03. The topological polar surface area (TPSA) is 55.4 Å². The Morgan fingerprint density at radius 2 is 2.27 bits per heavy atom. The van der Waals surface area contributed by atoms with Crippen LogP contribution in [0.3, 0.4) is 0 Å². The maximum Gasteiger partial charge on any atom is 0.249 e. The van der Waals surface area contributed by atoms with Crippen molar-refractivity contribution in [1.29, 1.82) is 0 Å². The molecule has 76 valence electrons. The summed E-state index contributed by atoms with van der Waals surface area (Å²) in [6.45, 7) is 2.87. The monoisotopic (exact) mass is 201 g/mol. The molecule has 0 atom stereocenters. The quantitative estimate of drug-likeness (QED) is 0.717. The normalized spacial score (nSPS) is 11.0. The Hall–Kier alpha value is -2.04. The first-order valence-electron chi connectivity index (χ1n) is 4.73. The Morgan fingerprint density at radius 3 is 3.00 bits per heavy atom. The molecule has 0 aromatic carbocycles. The summed E-state index contributed by atoms with van der Waals surface area (Å²) in [5, 5.41) is 8.08. The van der Waals surface area contributed by atoms with Crippen LogP contribution in [0.15, 0.2) is 47.1 Å². The van der Waals surface area contributed by atoms with Gasteiger partial charge in [0.2, 0.25) is 5.95 Å². The van der Waals surface area contributed by atoms with Crippen molar-refractivity contribution in [2.45, 2.75) is 13.5 Å². The second-order valence-electron chi connectivity index (χ2n) is 2.92. The average molecular weight is 201 g/mol. The predicted molar refractivity (Wildman–Crippen MR) is 56.3 cm³/mol. The lowest BCUT2D eigenvalue weighted by atomic mass is 10.4. The number of aryl methyl sites for hydroxylation is 1. The van der Waals surface area contributed by atoms with E-state index < -0.39 is 0 Å². The van der Waals surface area contributed by atoms with Gasteiger partial charge in [-0.15, -0.1) is 10.2 Å². The van der Waals surface area contributed by atoms with Crippen molar-refractivity contribution in [2.24, 2.45) is 10.2 Å². The highest BCUT2D eigenvalue weighted by atomic mass is 15.3. The van der Waals surface area contributed by atoms with Crippen LogP contribution in [0.4, 0.5) is 11.6 Å². The van der Waals surface area contributed by atoms with Gasteiger partial charge < -0.3 is 4.57 Å². The van der Waals surface area contributed by atoms with Crippen LogP contribution in [0.25, 0.3) is 0 Å². The van der Waals surface area contributed by atoms with Crippen LogP contribution in [0.2, 0.25) is 0 Å². The average Bonchev–Trinajstić information content (AvgIpc) is 2.75. The van der Waals surface area contributed by atoms with Crippen molar-refractivity contribution in [3.63, 3.8) is 0 Å². The molecule has 0 aliphatic heterocycles. The lowest BCUT2D eigenvalue weighted by molar-refractivity contribution is 0.758. The summed E-state index contributed by atoms with van der Waals surface area (Å²) in [5.74, 6) is 0.612. The van der Waals surface area contributed by atoms with E-state index in [0.29, 0.717) is 5.95 Å². The first-order chi connectivity index (χ1) is 7.40. The largest absolute Gasteiger partial charge is 0.315 e. The van der Waals surface area contributed by atoms with E-state index >= 15 is 0 Å². The number of aromatic nitrogens is 3. The van der Waals surface area contributed by atoms with E-state index in [2.05, 4.69) is 20.2 Å². The van der Waals surface area contributed by atoms with Crippen molar-refractivity contribution < 1.29 is 0 Å². The summed E-state index contributed by atoms with van der Waals surface area (Å²) in [6, 6.07) is 3.66.